The van der Waals surface area contributed by atoms with Gasteiger partial charge in [0.2, 0.25) is 0 Å². The van der Waals surface area contributed by atoms with Gasteiger partial charge < -0.3 is 14.8 Å². The second-order valence-corrected chi connectivity index (χ2v) is 5.94. The summed E-state index contributed by atoms with van der Waals surface area (Å²) >= 11 is 3.38. The summed E-state index contributed by atoms with van der Waals surface area (Å²) in [6.07, 6.45) is 2.92. The van der Waals surface area contributed by atoms with Crippen LogP contribution in [0.15, 0.2) is 59.1 Å². The zero-order chi connectivity index (χ0) is 18.1. The molecule has 2 aromatic carbocycles. The van der Waals surface area contributed by atoms with E-state index in [2.05, 4.69) is 21.2 Å². The van der Waals surface area contributed by atoms with Gasteiger partial charge in [0, 0.05) is 17.1 Å². The number of benzene rings is 2. The molecule has 0 aliphatic carbocycles. The molecule has 25 heavy (non-hydrogen) atoms. The lowest BCUT2D eigenvalue weighted by atomic mass is 10.2. The van der Waals surface area contributed by atoms with Crippen molar-refractivity contribution in [3.8, 4) is 5.75 Å². The molecule has 0 unspecified atom stereocenters. The number of methoxy groups -OCH3 is 1. The van der Waals surface area contributed by atoms with Gasteiger partial charge in [-0.1, -0.05) is 46.3 Å². The third-order valence-electron chi connectivity index (χ3n) is 3.30. The van der Waals surface area contributed by atoms with Crippen LogP contribution in [0.5, 0.6) is 5.75 Å². The number of hydrogen-bond donors (Lipinski definition) is 1. The molecule has 0 atom stereocenters. The molecule has 2 aromatic rings. The predicted octanol–water partition coefficient (Wildman–Crippen LogP) is 3.33. The summed E-state index contributed by atoms with van der Waals surface area (Å²) in [5.74, 6) is -0.186. The lowest BCUT2D eigenvalue weighted by Gasteiger charge is -2.06. The summed E-state index contributed by atoms with van der Waals surface area (Å²) in [7, 11) is 1.59. The van der Waals surface area contributed by atoms with Gasteiger partial charge in [-0.15, -0.1) is 0 Å². The largest absolute Gasteiger partial charge is 0.497 e. The van der Waals surface area contributed by atoms with Crippen LogP contribution in [0.2, 0.25) is 0 Å². The van der Waals surface area contributed by atoms with Gasteiger partial charge in [0.05, 0.1) is 7.11 Å². The number of esters is 1. The van der Waals surface area contributed by atoms with E-state index in [4.69, 9.17) is 9.47 Å². The number of rotatable bonds is 7. The van der Waals surface area contributed by atoms with Crippen LogP contribution in [0.3, 0.4) is 0 Å². The van der Waals surface area contributed by atoms with Crippen LogP contribution in [-0.4, -0.2) is 25.6 Å². The molecular formula is C19H18BrNO4. The number of hydrogen-bond acceptors (Lipinski definition) is 4. The van der Waals surface area contributed by atoms with E-state index in [9.17, 15) is 9.59 Å². The molecule has 0 bridgehead atoms. The molecule has 1 amide bonds. The van der Waals surface area contributed by atoms with E-state index < -0.39 is 5.97 Å². The molecule has 0 aliphatic heterocycles. The second kappa shape index (κ2) is 9.64. The molecular weight excluding hydrogens is 386 g/mol. The van der Waals surface area contributed by atoms with Crippen molar-refractivity contribution in [1.29, 1.82) is 0 Å². The molecule has 0 fully saturated rings. The first-order valence-corrected chi connectivity index (χ1v) is 8.37. The van der Waals surface area contributed by atoms with Crippen molar-refractivity contribution in [1.82, 2.24) is 5.32 Å². The smallest absolute Gasteiger partial charge is 0.331 e. The Bertz CT molecular complexity index is 756. The summed E-state index contributed by atoms with van der Waals surface area (Å²) in [4.78, 5) is 23.4. The Kier molecular flexibility index (Phi) is 7.22. The first-order chi connectivity index (χ1) is 12.1. The van der Waals surface area contributed by atoms with E-state index in [-0.39, 0.29) is 12.5 Å². The molecule has 0 saturated heterocycles. The highest BCUT2D eigenvalue weighted by atomic mass is 79.9. The number of ether oxygens (including phenoxy) is 2. The second-order valence-electron chi connectivity index (χ2n) is 5.09. The first kappa shape index (κ1) is 18.7. The lowest BCUT2D eigenvalue weighted by molar-refractivity contribution is -0.143. The van der Waals surface area contributed by atoms with Gasteiger partial charge in [0.1, 0.15) is 5.75 Å². The van der Waals surface area contributed by atoms with Crippen molar-refractivity contribution in [3.63, 3.8) is 0 Å². The normalized spacial score (nSPS) is 10.5. The standard InChI is InChI=1S/C19H18BrNO4/c1-24-16-9-6-14(7-10-16)12-21-18(22)13-25-19(23)11-8-15-4-2-3-5-17(15)20/h2-11H,12-13H2,1H3,(H,21,22)/b11-8+. The minimum absolute atomic E-state index is 0.324. The monoisotopic (exact) mass is 403 g/mol. The Balaban J connectivity index is 1.73. The van der Waals surface area contributed by atoms with Crippen LogP contribution in [-0.2, 0) is 20.9 Å². The Morgan fingerprint density at radius 1 is 1.12 bits per heavy atom. The van der Waals surface area contributed by atoms with E-state index in [0.29, 0.717) is 6.54 Å². The highest BCUT2D eigenvalue weighted by Crippen LogP contribution is 2.17. The summed E-state index contributed by atoms with van der Waals surface area (Å²) in [6, 6.07) is 14.8. The highest BCUT2D eigenvalue weighted by Gasteiger charge is 2.05. The van der Waals surface area contributed by atoms with Crippen molar-refractivity contribution >= 4 is 33.9 Å². The van der Waals surface area contributed by atoms with Gasteiger partial charge in [-0.25, -0.2) is 4.79 Å². The summed E-state index contributed by atoms with van der Waals surface area (Å²) in [6.45, 7) is 0.0302. The van der Waals surface area contributed by atoms with E-state index in [1.54, 1.807) is 13.2 Å². The molecule has 0 radical (unpaired) electrons. The van der Waals surface area contributed by atoms with Crippen molar-refractivity contribution in [3.05, 3.63) is 70.2 Å². The summed E-state index contributed by atoms with van der Waals surface area (Å²) in [5, 5.41) is 2.69. The van der Waals surface area contributed by atoms with Crippen LogP contribution < -0.4 is 10.1 Å². The average molecular weight is 404 g/mol. The predicted molar refractivity (Wildman–Crippen MR) is 99.0 cm³/mol. The molecule has 5 nitrogen and oxygen atoms in total. The molecule has 0 saturated carbocycles. The maximum atomic E-state index is 11.7. The molecule has 6 heteroatoms. The van der Waals surface area contributed by atoms with Gasteiger partial charge in [-0.05, 0) is 35.4 Å². The van der Waals surface area contributed by atoms with E-state index >= 15 is 0 Å². The number of halogens is 1. The number of amides is 1. The number of nitrogens with one attached hydrogen (secondary N) is 1. The highest BCUT2D eigenvalue weighted by molar-refractivity contribution is 9.10. The fourth-order valence-electron chi connectivity index (χ4n) is 1.95. The number of carbonyl (C=O) groups is 2. The van der Waals surface area contributed by atoms with Gasteiger partial charge in [0.25, 0.3) is 5.91 Å². The van der Waals surface area contributed by atoms with Crippen LogP contribution in [0.1, 0.15) is 11.1 Å². The van der Waals surface area contributed by atoms with Crippen LogP contribution in [0, 0.1) is 0 Å². The van der Waals surface area contributed by atoms with E-state index in [1.807, 2.05) is 48.5 Å². The Morgan fingerprint density at radius 2 is 1.84 bits per heavy atom. The van der Waals surface area contributed by atoms with Crippen LogP contribution in [0.25, 0.3) is 6.08 Å². The van der Waals surface area contributed by atoms with Gasteiger partial charge in [0.15, 0.2) is 6.61 Å². The zero-order valence-corrected chi connectivity index (χ0v) is 15.3. The lowest BCUT2D eigenvalue weighted by Crippen LogP contribution is -2.28. The van der Waals surface area contributed by atoms with Crippen LogP contribution in [0.4, 0.5) is 0 Å². The van der Waals surface area contributed by atoms with Crippen LogP contribution >= 0.6 is 15.9 Å². The van der Waals surface area contributed by atoms with E-state index in [1.165, 1.54) is 6.08 Å². The molecule has 0 spiro atoms. The molecule has 0 aromatic heterocycles. The molecule has 2 rings (SSSR count). The van der Waals surface area contributed by atoms with Gasteiger partial charge >= 0.3 is 5.97 Å². The van der Waals surface area contributed by atoms with Crippen molar-refractivity contribution < 1.29 is 19.1 Å². The van der Waals surface area contributed by atoms with Gasteiger partial charge in [-0.3, -0.25) is 4.79 Å². The third kappa shape index (κ3) is 6.43. The Hall–Kier alpha value is -2.60. The Morgan fingerprint density at radius 3 is 2.52 bits per heavy atom. The summed E-state index contributed by atoms with van der Waals surface area (Å²) in [5.41, 5.74) is 1.78. The fourth-order valence-corrected chi connectivity index (χ4v) is 2.36. The van der Waals surface area contributed by atoms with Gasteiger partial charge in [-0.2, -0.15) is 0 Å². The average Bonchev–Trinajstić information content (AvgIpc) is 2.64. The van der Waals surface area contributed by atoms with Crippen molar-refractivity contribution in [2.45, 2.75) is 6.54 Å². The minimum atomic E-state index is -0.574. The van der Waals surface area contributed by atoms with E-state index in [0.717, 1.165) is 21.3 Å². The molecule has 0 aliphatic rings. The number of carbonyl (C=O) groups excluding carboxylic acids is 2. The molecule has 1 N–H and O–H groups in total. The maximum Gasteiger partial charge on any atom is 0.331 e. The Labute approximate surface area is 154 Å². The SMILES string of the molecule is COc1ccc(CNC(=O)COC(=O)/C=C/c2ccccc2Br)cc1. The topological polar surface area (TPSA) is 64.6 Å². The van der Waals surface area contributed by atoms with Crippen molar-refractivity contribution in [2.75, 3.05) is 13.7 Å². The fraction of sp³-hybridized carbons (Fsp3) is 0.158. The van der Waals surface area contributed by atoms with Crippen molar-refractivity contribution in [2.24, 2.45) is 0 Å². The molecule has 0 heterocycles. The summed E-state index contributed by atoms with van der Waals surface area (Å²) < 4.78 is 10.9. The maximum absolute atomic E-state index is 11.7. The first-order valence-electron chi connectivity index (χ1n) is 7.57. The molecule has 130 valence electrons. The quantitative estimate of drug-likeness (QED) is 0.568. The minimum Gasteiger partial charge on any atom is -0.497 e. The third-order valence-corrected chi connectivity index (χ3v) is 4.02. The zero-order valence-electron chi connectivity index (χ0n) is 13.7.